The molecule has 0 bridgehead atoms. The van der Waals surface area contributed by atoms with Gasteiger partial charge in [-0.05, 0) is 24.6 Å². The van der Waals surface area contributed by atoms with Gasteiger partial charge in [-0.3, -0.25) is 4.79 Å². The summed E-state index contributed by atoms with van der Waals surface area (Å²) in [7, 11) is 0. The molecular formula is C11H16N2O2. The van der Waals surface area contributed by atoms with Gasteiger partial charge in [0.2, 0.25) is 0 Å². The SMILES string of the molecule is CC(CO)NC(=O)c1ccc(CN)cc1. The van der Waals surface area contributed by atoms with E-state index in [9.17, 15) is 4.79 Å². The molecule has 82 valence electrons. The minimum Gasteiger partial charge on any atom is -0.394 e. The Morgan fingerprint density at radius 2 is 2.07 bits per heavy atom. The van der Waals surface area contributed by atoms with Crippen molar-refractivity contribution in [3.63, 3.8) is 0 Å². The Kier molecular flexibility index (Phi) is 4.27. The van der Waals surface area contributed by atoms with Gasteiger partial charge in [0.1, 0.15) is 0 Å². The highest BCUT2D eigenvalue weighted by molar-refractivity contribution is 5.94. The molecule has 1 rings (SSSR count). The molecule has 1 aromatic carbocycles. The van der Waals surface area contributed by atoms with Crippen molar-refractivity contribution in [1.82, 2.24) is 5.32 Å². The van der Waals surface area contributed by atoms with Crippen molar-refractivity contribution < 1.29 is 9.90 Å². The highest BCUT2D eigenvalue weighted by Gasteiger charge is 2.08. The highest BCUT2D eigenvalue weighted by Crippen LogP contribution is 2.03. The van der Waals surface area contributed by atoms with Crippen molar-refractivity contribution >= 4 is 5.91 Å². The van der Waals surface area contributed by atoms with Gasteiger partial charge in [-0.15, -0.1) is 0 Å². The first-order valence-electron chi connectivity index (χ1n) is 4.88. The molecule has 0 aliphatic heterocycles. The second kappa shape index (κ2) is 5.48. The van der Waals surface area contributed by atoms with Crippen molar-refractivity contribution in [1.29, 1.82) is 0 Å². The number of carbonyl (C=O) groups is 1. The van der Waals surface area contributed by atoms with Gasteiger partial charge < -0.3 is 16.2 Å². The highest BCUT2D eigenvalue weighted by atomic mass is 16.3. The first kappa shape index (κ1) is 11.7. The number of benzene rings is 1. The average Bonchev–Trinajstić information content (AvgIpc) is 2.29. The number of nitrogens with one attached hydrogen (secondary N) is 1. The van der Waals surface area contributed by atoms with Crippen molar-refractivity contribution in [2.75, 3.05) is 6.61 Å². The normalized spacial score (nSPS) is 12.2. The predicted molar refractivity (Wildman–Crippen MR) is 58.3 cm³/mol. The molecular weight excluding hydrogens is 192 g/mol. The van der Waals surface area contributed by atoms with Crippen LogP contribution in [0.25, 0.3) is 0 Å². The molecule has 0 fully saturated rings. The van der Waals surface area contributed by atoms with Gasteiger partial charge in [-0.2, -0.15) is 0 Å². The lowest BCUT2D eigenvalue weighted by molar-refractivity contribution is 0.0922. The fourth-order valence-electron chi connectivity index (χ4n) is 1.14. The zero-order valence-electron chi connectivity index (χ0n) is 8.73. The van der Waals surface area contributed by atoms with Gasteiger partial charge in [-0.25, -0.2) is 0 Å². The Morgan fingerprint density at radius 3 is 2.53 bits per heavy atom. The minimum atomic E-state index is -0.230. The molecule has 0 aliphatic rings. The maximum Gasteiger partial charge on any atom is 0.251 e. The van der Waals surface area contributed by atoms with E-state index < -0.39 is 0 Å². The Labute approximate surface area is 89.1 Å². The van der Waals surface area contributed by atoms with Crippen LogP contribution in [0.4, 0.5) is 0 Å². The second-order valence-corrected chi connectivity index (χ2v) is 3.46. The van der Waals surface area contributed by atoms with E-state index in [0.717, 1.165) is 5.56 Å². The minimum absolute atomic E-state index is 0.0629. The molecule has 1 atom stereocenters. The van der Waals surface area contributed by atoms with Crippen LogP contribution in [-0.2, 0) is 6.54 Å². The topological polar surface area (TPSA) is 75.3 Å². The number of amides is 1. The fourth-order valence-corrected chi connectivity index (χ4v) is 1.14. The number of aliphatic hydroxyl groups is 1. The summed E-state index contributed by atoms with van der Waals surface area (Å²) in [5.41, 5.74) is 7.01. The Bertz CT molecular complexity index is 322. The van der Waals surface area contributed by atoms with E-state index in [1.54, 1.807) is 19.1 Å². The van der Waals surface area contributed by atoms with Crippen LogP contribution in [0.3, 0.4) is 0 Å². The molecule has 0 aliphatic carbocycles. The largest absolute Gasteiger partial charge is 0.394 e. The lowest BCUT2D eigenvalue weighted by Gasteiger charge is -2.10. The van der Waals surface area contributed by atoms with Crippen LogP contribution in [0.1, 0.15) is 22.8 Å². The third-order valence-corrected chi connectivity index (χ3v) is 2.10. The molecule has 0 radical (unpaired) electrons. The summed E-state index contributed by atoms with van der Waals surface area (Å²) in [4.78, 5) is 11.6. The Hall–Kier alpha value is -1.39. The molecule has 0 spiro atoms. The van der Waals surface area contributed by atoms with Crippen LogP contribution >= 0.6 is 0 Å². The Balaban J connectivity index is 2.66. The zero-order chi connectivity index (χ0) is 11.3. The molecule has 4 heteroatoms. The lowest BCUT2D eigenvalue weighted by atomic mass is 10.1. The van der Waals surface area contributed by atoms with Gasteiger partial charge in [-0.1, -0.05) is 12.1 Å². The summed E-state index contributed by atoms with van der Waals surface area (Å²) in [5, 5.41) is 11.4. The van der Waals surface area contributed by atoms with E-state index in [0.29, 0.717) is 12.1 Å². The predicted octanol–water partition coefficient (Wildman–Crippen LogP) is 0.256. The van der Waals surface area contributed by atoms with Crippen LogP contribution in [-0.4, -0.2) is 23.7 Å². The summed E-state index contributed by atoms with van der Waals surface area (Å²) in [5.74, 6) is -0.180. The fraction of sp³-hybridized carbons (Fsp3) is 0.364. The van der Waals surface area contributed by atoms with Crippen molar-refractivity contribution in [2.24, 2.45) is 5.73 Å². The molecule has 0 saturated carbocycles. The summed E-state index contributed by atoms with van der Waals surface area (Å²) >= 11 is 0. The summed E-state index contributed by atoms with van der Waals surface area (Å²) in [6.07, 6.45) is 0. The standard InChI is InChI=1S/C11H16N2O2/c1-8(7-14)13-11(15)10-4-2-9(6-12)3-5-10/h2-5,8,14H,6-7,12H2,1H3,(H,13,15). The third kappa shape index (κ3) is 3.34. The zero-order valence-corrected chi connectivity index (χ0v) is 8.73. The Morgan fingerprint density at radius 1 is 1.47 bits per heavy atom. The van der Waals surface area contributed by atoms with Crippen molar-refractivity contribution in [3.05, 3.63) is 35.4 Å². The molecule has 1 unspecified atom stereocenters. The van der Waals surface area contributed by atoms with E-state index in [-0.39, 0.29) is 18.6 Å². The molecule has 4 N–H and O–H groups in total. The van der Waals surface area contributed by atoms with Gasteiger partial charge in [0.25, 0.3) is 5.91 Å². The smallest absolute Gasteiger partial charge is 0.251 e. The molecule has 1 aromatic rings. The van der Waals surface area contributed by atoms with Gasteiger partial charge in [0, 0.05) is 18.2 Å². The maximum absolute atomic E-state index is 11.6. The van der Waals surface area contributed by atoms with Gasteiger partial charge in [0.15, 0.2) is 0 Å². The van der Waals surface area contributed by atoms with Crippen molar-refractivity contribution in [2.45, 2.75) is 19.5 Å². The average molecular weight is 208 g/mol. The van der Waals surface area contributed by atoms with Crippen LogP contribution in [0.2, 0.25) is 0 Å². The molecule has 1 amide bonds. The molecule has 4 nitrogen and oxygen atoms in total. The molecule has 0 heterocycles. The maximum atomic E-state index is 11.6. The number of nitrogens with two attached hydrogens (primary N) is 1. The third-order valence-electron chi connectivity index (χ3n) is 2.10. The van der Waals surface area contributed by atoms with Crippen LogP contribution in [0, 0.1) is 0 Å². The van der Waals surface area contributed by atoms with E-state index in [1.165, 1.54) is 0 Å². The number of hydrogen-bond acceptors (Lipinski definition) is 3. The van der Waals surface area contributed by atoms with Crippen molar-refractivity contribution in [3.8, 4) is 0 Å². The number of hydrogen-bond donors (Lipinski definition) is 3. The first-order chi connectivity index (χ1) is 7.17. The van der Waals surface area contributed by atoms with Crippen LogP contribution < -0.4 is 11.1 Å². The van der Waals surface area contributed by atoms with E-state index >= 15 is 0 Å². The number of carbonyl (C=O) groups excluding carboxylic acids is 1. The quantitative estimate of drug-likeness (QED) is 0.664. The summed E-state index contributed by atoms with van der Waals surface area (Å²) in [6.45, 7) is 2.15. The number of rotatable bonds is 4. The van der Waals surface area contributed by atoms with E-state index in [2.05, 4.69) is 5.32 Å². The first-order valence-corrected chi connectivity index (χ1v) is 4.88. The molecule has 0 saturated heterocycles. The summed E-state index contributed by atoms with van der Waals surface area (Å²) in [6, 6.07) is 6.85. The second-order valence-electron chi connectivity index (χ2n) is 3.46. The lowest BCUT2D eigenvalue weighted by Crippen LogP contribution is -2.34. The van der Waals surface area contributed by atoms with Gasteiger partial charge in [0.05, 0.1) is 6.61 Å². The molecule has 0 aromatic heterocycles. The van der Waals surface area contributed by atoms with E-state index in [4.69, 9.17) is 10.8 Å². The number of aliphatic hydroxyl groups excluding tert-OH is 1. The summed E-state index contributed by atoms with van der Waals surface area (Å²) < 4.78 is 0. The van der Waals surface area contributed by atoms with Crippen LogP contribution in [0.5, 0.6) is 0 Å². The van der Waals surface area contributed by atoms with Crippen LogP contribution in [0.15, 0.2) is 24.3 Å². The molecule has 15 heavy (non-hydrogen) atoms. The van der Waals surface area contributed by atoms with Gasteiger partial charge >= 0.3 is 0 Å². The monoisotopic (exact) mass is 208 g/mol. The van der Waals surface area contributed by atoms with E-state index in [1.807, 2.05) is 12.1 Å².